The van der Waals surface area contributed by atoms with Crippen LogP contribution in [0.2, 0.25) is 5.02 Å². The van der Waals surface area contributed by atoms with Crippen LogP contribution < -0.4 is 4.90 Å². The van der Waals surface area contributed by atoms with Crippen molar-refractivity contribution < 1.29 is 0 Å². The molecule has 0 saturated heterocycles. The Kier molecular flexibility index (Phi) is 4.02. The Morgan fingerprint density at radius 2 is 2.12 bits per heavy atom. The van der Waals surface area contributed by atoms with Crippen LogP contribution in [0.15, 0.2) is 23.6 Å². The molecule has 0 saturated carbocycles. The molecule has 89 valence electrons. The van der Waals surface area contributed by atoms with Gasteiger partial charge in [-0.15, -0.1) is 11.3 Å². The minimum absolute atomic E-state index is 0.744. The van der Waals surface area contributed by atoms with Crippen molar-refractivity contribution in [3.8, 4) is 11.3 Å². The first-order valence-corrected chi connectivity index (χ1v) is 6.88. The molecule has 1 aromatic carbocycles. The van der Waals surface area contributed by atoms with Gasteiger partial charge in [0.15, 0.2) is 5.51 Å². The third-order valence-corrected chi connectivity index (χ3v) is 3.60. The molecule has 0 spiro atoms. The highest BCUT2D eigenvalue weighted by Gasteiger charge is 2.08. The fourth-order valence-electron chi connectivity index (χ4n) is 1.80. The summed E-state index contributed by atoms with van der Waals surface area (Å²) in [5.74, 6) is 0. The summed E-state index contributed by atoms with van der Waals surface area (Å²) in [7, 11) is 0. The van der Waals surface area contributed by atoms with Gasteiger partial charge < -0.3 is 4.90 Å². The minimum Gasteiger partial charge on any atom is -0.372 e. The van der Waals surface area contributed by atoms with Crippen molar-refractivity contribution in [3.05, 3.63) is 34.1 Å². The third-order valence-electron chi connectivity index (χ3n) is 2.75. The number of thiazole rings is 1. The molecule has 4 heteroatoms. The summed E-state index contributed by atoms with van der Waals surface area (Å²) in [6.07, 6.45) is 0. The van der Waals surface area contributed by atoms with Crippen LogP contribution >= 0.6 is 22.9 Å². The molecule has 0 aliphatic rings. The van der Waals surface area contributed by atoms with Gasteiger partial charge in [-0.25, -0.2) is 4.98 Å². The summed E-state index contributed by atoms with van der Waals surface area (Å²) in [5, 5.41) is 2.70. The highest BCUT2D eigenvalue weighted by atomic mass is 35.5. The fraction of sp³-hybridized carbons (Fsp3) is 0.308. The normalized spacial score (nSPS) is 10.5. The number of aromatic nitrogens is 1. The lowest BCUT2D eigenvalue weighted by Gasteiger charge is -2.21. The summed E-state index contributed by atoms with van der Waals surface area (Å²) in [4.78, 5) is 6.42. The van der Waals surface area contributed by atoms with Crippen LogP contribution in [0, 0.1) is 5.51 Å². The maximum atomic E-state index is 6.30. The van der Waals surface area contributed by atoms with Crippen LogP contribution in [0.3, 0.4) is 0 Å². The van der Waals surface area contributed by atoms with Crippen molar-refractivity contribution in [1.82, 2.24) is 4.98 Å². The molecule has 0 N–H and O–H groups in total. The van der Waals surface area contributed by atoms with Crippen LogP contribution in [-0.2, 0) is 0 Å². The largest absolute Gasteiger partial charge is 0.372 e. The first kappa shape index (κ1) is 12.4. The lowest BCUT2D eigenvalue weighted by molar-refractivity contribution is 0.866. The molecule has 1 heterocycles. The van der Waals surface area contributed by atoms with E-state index >= 15 is 0 Å². The number of benzene rings is 1. The predicted molar refractivity (Wildman–Crippen MR) is 75.0 cm³/mol. The molecule has 0 aliphatic carbocycles. The number of nitrogens with zero attached hydrogens (tertiary/aromatic N) is 2. The molecule has 0 atom stereocenters. The molecule has 0 unspecified atom stereocenters. The molecule has 17 heavy (non-hydrogen) atoms. The molecule has 0 fully saturated rings. The zero-order valence-corrected chi connectivity index (χ0v) is 11.5. The third kappa shape index (κ3) is 2.61. The molecular formula is C13H14ClN2S. The van der Waals surface area contributed by atoms with E-state index in [0.29, 0.717) is 0 Å². The van der Waals surface area contributed by atoms with Crippen LogP contribution in [0.4, 0.5) is 5.69 Å². The van der Waals surface area contributed by atoms with E-state index in [0.717, 1.165) is 35.1 Å². The van der Waals surface area contributed by atoms with Crippen LogP contribution in [-0.4, -0.2) is 18.1 Å². The average molecular weight is 266 g/mol. The van der Waals surface area contributed by atoms with Crippen molar-refractivity contribution in [1.29, 1.82) is 0 Å². The van der Waals surface area contributed by atoms with Crippen LogP contribution in [0.25, 0.3) is 11.3 Å². The Balaban J connectivity index is 2.35. The summed E-state index contributed by atoms with van der Waals surface area (Å²) in [6.45, 7) is 6.24. The zero-order chi connectivity index (χ0) is 12.3. The highest BCUT2D eigenvalue weighted by Crippen LogP contribution is 2.31. The Labute approximate surface area is 111 Å². The van der Waals surface area contributed by atoms with Gasteiger partial charge in [0.25, 0.3) is 0 Å². The van der Waals surface area contributed by atoms with Gasteiger partial charge in [0, 0.05) is 29.7 Å². The Hall–Kier alpha value is -1.06. The zero-order valence-electron chi connectivity index (χ0n) is 9.90. The molecule has 0 amide bonds. The van der Waals surface area contributed by atoms with Crippen molar-refractivity contribution in [2.45, 2.75) is 13.8 Å². The maximum Gasteiger partial charge on any atom is 0.152 e. The molecule has 2 rings (SSSR count). The van der Waals surface area contributed by atoms with Crippen molar-refractivity contribution in [2.75, 3.05) is 18.0 Å². The smallest absolute Gasteiger partial charge is 0.152 e. The van der Waals surface area contributed by atoms with E-state index in [4.69, 9.17) is 11.6 Å². The summed E-state index contributed by atoms with van der Waals surface area (Å²) in [6, 6.07) is 6.12. The SMILES string of the molecule is CCN(CC)c1ccc(-c2cs[c]n2)c(Cl)c1. The standard InChI is InChI=1S/C13H14ClN2S/c1-3-16(4-2)10-5-6-11(12(14)7-10)13-8-17-9-15-13/h5-8H,3-4H2,1-2H3. The Bertz CT molecular complexity index is 478. The predicted octanol–water partition coefficient (Wildman–Crippen LogP) is 4.11. The number of hydrogen-bond acceptors (Lipinski definition) is 3. The van der Waals surface area contributed by atoms with E-state index in [1.165, 1.54) is 11.3 Å². The van der Waals surface area contributed by atoms with Gasteiger partial charge >= 0.3 is 0 Å². The van der Waals surface area contributed by atoms with Gasteiger partial charge in [-0.05, 0) is 32.0 Å². The molecule has 0 aliphatic heterocycles. The van der Waals surface area contributed by atoms with E-state index in [1.54, 1.807) is 0 Å². The van der Waals surface area contributed by atoms with E-state index in [2.05, 4.69) is 35.3 Å². The minimum atomic E-state index is 0.744. The monoisotopic (exact) mass is 265 g/mol. The van der Waals surface area contributed by atoms with Gasteiger partial charge in [-0.2, -0.15) is 0 Å². The molecule has 2 aromatic rings. The lowest BCUT2D eigenvalue weighted by atomic mass is 10.1. The van der Waals surface area contributed by atoms with Crippen molar-refractivity contribution in [2.24, 2.45) is 0 Å². The molecular weight excluding hydrogens is 252 g/mol. The van der Waals surface area contributed by atoms with Crippen molar-refractivity contribution in [3.63, 3.8) is 0 Å². The Morgan fingerprint density at radius 3 is 2.65 bits per heavy atom. The van der Waals surface area contributed by atoms with Gasteiger partial charge in [0.1, 0.15) is 0 Å². The molecule has 2 nitrogen and oxygen atoms in total. The first-order chi connectivity index (χ1) is 8.26. The van der Waals surface area contributed by atoms with Gasteiger partial charge in [0.2, 0.25) is 0 Å². The average Bonchev–Trinajstić information content (AvgIpc) is 2.84. The Morgan fingerprint density at radius 1 is 1.35 bits per heavy atom. The number of anilines is 1. The summed E-state index contributed by atoms with van der Waals surface area (Å²) < 4.78 is 0. The van der Waals surface area contributed by atoms with Crippen molar-refractivity contribution >= 4 is 28.6 Å². The highest BCUT2D eigenvalue weighted by molar-refractivity contribution is 7.07. The second-order valence-electron chi connectivity index (χ2n) is 3.66. The van der Waals surface area contributed by atoms with E-state index in [1.807, 2.05) is 17.5 Å². The lowest BCUT2D eigenvalue weighted by Crippen LogP contribution is -2.21. The number of hydrogen-bond donors (Lipinski definition) is 0. The maximum absolute atomic E-state index is 6.30. The van der Waals surface area contributed by atoms with E-state index in [9.17, 15) is 0 Å². The number of rotatable bonds is 4. The first-order valence-electron chi connectivity index (χ1n) is 5.62. The van der Waals surface area contributed by atoms with E-state index in [-0.39, 0.29) is 0 Å². The summed E-state index contributed by atoms with van der Waals surface area (Å²) >= 11 is 7.76. The van der Waals surface area contributed by atoms with E-state index < -0.39 is 0 Å². The summed E-state index contributed by atoms with van der Waals surface area (Å²) in [5.41, 5.74) is 5.86. The quantitative estimate of drug-likeness (QED) is 0.827. The van der Waals surface area contributed by atoms with Gasteiger partial charge in [0.05, 0.1) is 10.7 Å². The molecule has 0 bridgehead atoms. The fourth-order valence-corrected chi connectivity index (χ4v) is 2.57. The molecule has 1 aromatic heterocycles. The number of halogens is 1. The van der Waals surface area contributed by atoms with Gasteiger partial charge in [-0.3, -0.25) is 0 Å². The van der Waals surface area contributed by atoms with Crippen LogP contribution in [0.5, 0.6) is 0 Å². The second-order valence-corrected chi connectivity index (χ2v) is 4.72. The second kappa shape index (κ2) is 5.52. The van der Waals surface area contributed by atoms with Crippen LogP contribution in [0.1, 0.15) is 13.8 Å². The molecule has 1 radical (unpaired) electrons. The topological polar surface area (TPSA) is 16.1 Å². The van der Waals surface area contributed by atoms with Gasteiger partial charge in [-0.1, -0.05) is 11.6 Å².